The van der Waals surface area contributed by atoms with Crippen LogP contribution < -0.4 is 4.74 Å². The van der Waals surface area contributed by atoms with Crippen LogP contribution in [0.1, 0.15) is 22.9 Å². The number of hydrogen-bond donors (Lipinski definition) is 0. The third kappa shape index (κ3) is 3.02. The maximum Gasteiger partial charge on any atom is 0.119 e. The van der Waals surface area contributed by atoms with Gasteiger partial charge in [0.1, 0.15) is 5.75 Å². The Kier molecular flexibility index (Phi) is 4.32. The van der Waals surface area contributed by atoms with Crippen molar-refractivity contribution in [3.8, 4) is 5.75 Å². The van der Waals surface area contributed by atoms with Gasteiger partial charge in [-0.25, -0.2) is 0 Å². The maximum atomic E-state index is 6.55. The van der Waals surface area contributed by atoms with Crippen LogP contribution in [-0.4, -0.2) is 6.61 Å². The van der Waals surface area contributed by atoms with Crippen LogP contribution in [0.5, 0.6) is 5.75 Å². The molecule has 0 aromatic heterocycles. The summed E-state index contributed by atoms with van der Waals surface area (Å²) in [5, 5.41) is 0.125. The van der Waals surface area contributed by atoms with Crippen LogP contribution in [0.25, 0.3) is 0 Å². The van der Waals surface area contributed by atoms with Crippen molar-refractivity contribution in [1.82, 2.24) is 0 Å². The first kappa shape index (κ1) is 14.0. The van der Waals surface area contributed by atoms with E-state index in [0.29, 0.717) is 12.5 Å². The molecular formula is C17H16BrClO. The third-order valence-electron chi connectivity index (χ3n) is 3.82. The second kappa shape index (κ2) is 6.19. The zero-order valence-electron chi connectivity index (χ0n) is 11.1. The Hall–Kier alpha value is -0.990. The van der Waals surface area contributed by atoms with Crippen molar-refractivity contribution in [2.45, 2.75) is 18.2 Å². The topological polar surface area (TPSA) is 9.23 Å². The minimum atomic E-state index is 0.125. The number of ether oxygens (including phenoxy) is 1. The predicted octanol–water partition coefficient (Wildman–Crippen LogP) is 5.37. The summed E-state index contributed by atoms with van der Waals surface area (Å²) < 4.78 is 6.86. The standard InChI is InChI=1S/C17H16BrClO/c18-14-5-7-15(8-6-14)20-10-9-13-11-12-3-1-2-4-16(12)17(13)19/h1-8,13,17H,9-11H2. The second-order valence-electron chi connectivity index (χ2n) is 5.16. The Labute approximate surface area is 133 Å². The van der Waals surface area contributed by atoms with Crippen LogP contribution in [0.3, 0.4) is 0 Å². The van der Waals surface area contributed by atoms with E-state index in [4.69, 9.17) is 16.3 Å². The maximum absolute atomic E-state index is 6.55. The lowest BCUT2D eigenvalue weighted by atomic mass is 10.0. The molecule has 0 saturated heterocycles. The van der Waals surface area contributed by atoms with Gasteiger partial charge in [-0.1, -0.05) is 40.2 Å². The first-order valence-electron chi connectivity index (χ1n) is 6.84. The molecule has 0 fully saturated rings. The van der Waals surface area contributed by atoms with E-state index in [0.717, 1.165) is 23.1 Å². The van der Waals surface area contributed by atoms with Crippen LogP contribution in [-0.2, 0) is 6.42 Å². The van der Waals surface area contributed by atoms with Crippen molar-refractivity contribution in [1.29, 1.82) is 0 Å². The number of rotatable bonds is 4. The van der Waals surface area contributed by atoms with Gasteiger partial charge in [0.05, 0.1) is 12.0 Å². The van der Waals surface area contributed by atoms with E-state index < -0.39 is 0 Å². The first-order chi connectivity index (χ1) is 9.74. The number of alkyl halides is 1. The van der Waals surface area contributed by atoms with Gasteiger partial charge < -0.3 is 4.74 Å². The molecule has 0 radical (unpaired) electrons. The number of benzene rings is 2. The van der Waals surface area contributed by atoms with Crippen LogP contribution in [0.2, 0.25) is 0 Å². The average Bonchev–Trinajstić information content (AvgIpc) is 2.78. The molecule has 2 aromatic rings. The van der Waals surface area contributed by atoms with Crippen LogP contribution in [0.15, 0.2) is 53.0 Å². The van der Waals surface area contributed by atoms with Crippen molar-refractivity contribution >= 4 is 27.5 Å². The molecule has 1 nitrogen and oxygen atoms in total. The molecular weight excluding hydrogens is 336 g/mol. The van der Waals surface area contributed by atoms with Gasteiger partial charge in [0.25, 0.3) is 0 Å². The molecule has 2 unspecified atom stereocenters. The van der Waals surface area contributed by atoms with Gasteiger partial charge >= 0.3 is 0 Å². The van der Waals surface area contributed by atoms with E-state index in [9.17, 15) is 0 Å². The lowest BCUT2D eigenvalue weighted by Gasteiger charge is -2.14. The lowest BCUT2D eigenvalue weighted by molar-refractivity contribution is 0.278. The van der Waals surface area contributed by atoms with Gasteiger partial charge in [0.2, 0.25) is 0 Å². The van der Waals surface area contributed by atoms with Crippen molar-refractivity contribution in [3.63, 3.8) is 0 Å². The zero-order chi connectivity index (χ0) is 13.9. The summed E-state index contributed by atoms with van der Waals surface area (Å²) in [6, 6.07) is 16.4. The highest BCUT2D eigenvalue weighted by Gasteiger charge is 2.30. The van der Waals surface area contributed by atoms with E-state index >= 15 is 0 Å². The van der Waals surface area contributed by atoms with Crippen molar-refractivity contribution in [2.75, 3.05) is 6.61 Å². The molecule has 0 heterocycles. The average molecular weight is 352 g/mol. The molecule has 104 valence electrons. The molecule has 1 aliphatic rings. The minimum absolute atomic E-state index is 0.125. The molecule has 0 bridgehead atoms. The Morgan fingerprint density at radius 3 is 2.60 bits per heavy atom. The van der Waals surface area contributed by atoms with Gasteiger partial charge in [-0.15, -0.1) is 11.6 Å². The fourth-order valence-corrected chi connectivity index (χ4v) is 3.43. The summed E-state index contributed by atoms with van der Waals surface area (Å²) in [4.78, 5) is 0. The Morgan fingerprint density at radius 1 is 1.10 bits per heavy atom. The first-order valence-corrected chi connectivity index (χ1v) is 8.07. The van der Waals surface area contributed by atoms with Gasteiger partial charge in [-0.05, 0) is 54.2 Å². The molecule has 20 heavy (non-hydrogen) atoms. The van der Waals surface area contributed by atoms with E-state index in [2.05, 4.69) is 40.2 Å². The SMILES string of the molecule is ClC1c2ccccc2CC1CCOc1ccc(Br)cc1. The highest BCUT2D eigenvalue weighted by molar-refractivity contribution is 9.10. The van der Waals surface area contributed by atoms with E-state index in [1.807, 2.05) is 24.3 Å². The van der Waals surface area contributed by atoms with E-state index in [1.54, 1.807) is 0 Å². The highest BCUT2D eigenvalue weighted by Crippen LogP contribution is 2.42. The van der Waals surface area contributed by atoms with E-state index in [-0.39, 0.29) is 5.38 Å². The Morgan fingerprint density at radius 2 is 1.85 bits per heavy atom. The fourth-order valence-electron chi connectivity index (χ4n) is 2.74. The normalized spacial score (nSPS) is 20.7. The van der Waals surface area contributed by atoms with Crippen molar-refractivity contribution in [3.05, 3.63) is 64.1 Å². The van der Waals surface area contributed by atoms with E-state index in [1.165, 1.54) is 11.1 Å². The molecule has 2 atom stereocenters. The molecule has 0 N–H and O–H groups in total. The summed E-state index contributed by atoms with van der Waals surface area (Å²) in [5.41, 5.74) is 2.68. The summed E-state index contributed by atoms with van der Waals surface area (Å²) in [5.74, 6) is 1.39. The zero-order valence-corrected chi connectivity index (χ0v) is 13.4. The summed E-state index contributed by atoms with van der Waals surface area (Å²) in [6.07, 6.45) is 2.05. The quantitative estimate of drug-likeness (QED) is 0.673. The summed E-state index contributed by atoms with van der Waals surface area (Å²) >= 11 is 9.97. The van der Waals surface area contributed by atoms with Crippen molar-refractivity contribution < 1.29 is 4.74 Å². The number of hydrogen-bond acceptors (Lipinski definition) is 1. The monoisotopic (exact) mass is 350 g/mol. The summed E-state index contributed by atoms with van der Waals surface area (Å²) in [7, 11) is 0. The molecule has 2 aromatic carbocycles. The molecule has 0 spiro atoms. The largest absolute Gasteiger partial charge is 0.494 e. The Bertz CT molecular complexity index is 582. The number of halogens is 2. The van der Waals surface area contributed by atoms with Gasteiger partial charge in [-0.2, -0.15) is 0 Å². The Balaban J connectivity index is 1.54. The second-order valence-corrected chi connectivity index (χ2v) is 6.54. The van der Waals surface area contributed by atoms with Crippen LogP contribution >= 0.6 is 27.5 Å². The predicted molar refractivity (Wildman–Crippen MR) is 86.5 cm³/mol. The third-order valence-corrected chi connectivity index (χ3v) is 4.94. The van der Waals surface area contributed by atoms with Crippen molar-refractivity contribution in [2.24, 2.45) is 5.92 Å². The molecule has 3 heteroatoms. The highest BCUT2D eigenvalue weighted by atomic mass is 79.9. The van der Waals surface area contributed by atoms with Gasteiger partial charge in [0.15, 0.2) is 0 Å². The van der Waals surface area contributed by atoms with Crippen LogP contribution in [0.4, 0.5) is 0 Å². The van der Waals surface area contributed by atoms with Gasteiger partial charge in [-0.3, -0.25) is 0 Å². The smallest absolute Gasteiger partial charge is 0.119 e. The molecule has 0 amide bonds. The number of fused-ring (bicyclic) bond motifs is 1. The van der Waals surface area contributed by atoms with Crippen LogP contribution in [0, 0.1) is 5.92 Å². The molecule has 1 aliphatic carbocycles. The molecule has 0 aliphatic heterocycles. The molecule has 0 saturated carbocycles. The molecule has 3 rings (SSSR count). The lowest BCUT2D eigenvalue weighted by Crippen LogP contribution is -2.09. The van der Waals surface area contributed by atoms with Gasteiger partial charge in [0, 0.05) is 4.47 Å². The summed E-state index contributed by atoms with van der Waals surface area (Å²) in [6.45, 7) is 0.712. The minimum Gasteiger partial charge on any atom is -0.494 e. The fraction of sp³-hybridized carbons (Fsp3) is 0.294.